The third-order valence-corrected chi connectivity index (χ3v) is 11.9. The first-order valence-corrected chi connectivity index (χ1v) is 18.8. The van der Waals surface area contributed by atoms with Crippen molar-refractivity contribution in [3.8, 4) is 5.75 Å². The van der Waals surface area contributed by atoms with Crippen molar-refractivity contribution in [2.75, 3.05) is 20.3 Å². The lowest BCUT2D eigenvalue weighted by molar-refractivity contribution is -0.144. The van der Waals surface area contributed by atoms with Crippen LogP contribution in [0.4, 0.5) is 0 Å². The Hall–Kier alpha value is -5.64. The maximum Gasteiger partial charge on any atom is 0.364 e. The number of amides is 1. The molecule has 2 N–H and O–H groups in total. The molecule has 12 heteroatoms. The molecule has 0 saturated heterocycles. The summed E-state index contributed by atoms with van der Waals surface area (Å²) in [5.74, 6) is -1.11. The number of benzene rings is 4. The molecule has 0 fully saturated rings. The van der Waals surface area contributed by atoms with Gasteiger partial charge >= 0.3 is 13.5 Å². The number of esters is 1. The summed E-state index contributed by atoms with van der Waals surface area (Å²) < 4.78 is 28.8. The Balaban J connectivity index is 1.42. The minimum absolute atomic E-state index is 0.185. The van der Waals surface area contributed by atoms with E-state index < -0.39 is 19.4 Å². The predicted molar refractivity (Wildman–Crippen MR) is 202 cm³/mol. The van der Waals surface area contributed by atoms with Crippen molar-refractivity contribution >= 4 is 76.0 Å². The van der Waals surface area contributed by atoms with Crippen molar-refractivity contribution in [1.82, 2.24) is 24.8 Å². The van der Waals surface area contributed by atoms with E-state index in [9.17, 15) is 9.59 Å². The van der Waals surface area contributed by atoms with Crippen molar-refractivity contribution in [3.63, 3.8) is 0 Å². The summed E-state index contributed by atoms with van der Waals surface area (Å²) in [6.07, 6.45) is 5.18. The molecule has 0 bridgehead atoms. The van der Waals surface area contributed by atoms with Crippen LogP contribution in [-0.4, -0.2) is 51.7 Å². The van der Waals surface area contributed by atoms with Crippen LogP contribution in [0, 0.1) is 5.92 Å². The van der Waals surface area contributed by atoms with Gasteiger partial charge in [-0.1, -0.05) is 61.2 Å². The third-order valence-electron chi connectivity index (χ3n) is 8.48. The third kappa shape index (κ3) is 6.78. The van der Waals surface area contributed by atoms with E-state index in [-0.39, 0.29) is 12.1 Å². The number of aromatic nitrogens is 4. The molecule has 0 saturated carbocycles. The van der Waals surface area contributed by atoms with Crippen LogP contribution in [0.2, 0.25) is 0 Å². The normalized spacial score (nSPS) is 13.4. The summed E-state index contributed by atoms with van der Waals surface area (Å²) in [6.45, 7) is 1.67. The van der Waals surface area contributed by atoms with Gasteiger partial charge in [0.15, 0.2) is 0 Å². The van der Waals surface area contributed by atoms with E-state index >= 15 is 4.57 Å². The number of nitrogens with one attached hydrogen (secondary N) is 2. The molecule has 256 valence electrons. The summed E-state index contributed by atoms with van der Waals surface area (Å²) in [5.41, 5.74) is 4.06. The number of rotatable bonds is 11. The quantitative estimate of drug-likeness (QED) is 0.101. The fraction of sp³-hybridized carbons (Fsp3) is 0.128. The Bertz CT molecular complexity index is 2490. The van der Waals surface area contributed by atoms with Crippen LogP contribution in [0.15, 0.2) is 119 Å². The molecule has 0 aliphatic heterocycles. The van der Waals surface area contributed by atoms with Crippen molar-refractivity contribution in [2.24, 2.45) is 5.92 Å². The predicted octanol–water partition coefficient (Wildman–Crippen LogP) is 8.68. The molecule has 1 amide bonds. The number of ether oxygens (including phenoxy) is 1. The van der Waals surface area contributed by atoms with Crippen molar-refractivity contribution in [3.05, 3.63) is 126 Å². The minimum atomic E-state index is -4.06. The van der Waals surface area contributed by atoms with Gasteiger partial charge in [-0.25, -0.2) is 0 Å². The highest BCUT2D eigenvalue weighted by molar-refractivity contribution is 7.99. The highest BCUT2D eigenvalue weighted by Crippen LogP contribution is 2.54. The number of carbonyl (C=O) groups is 2. The number of hydrogen-bond donors (Lipinski definition) is 2. The van der Waals surface area contributed by atoms with Crippen LogP contribution >= 0.6 is 19.3 Å². The van der Waals surface area contributed by atoms with Crippen LogP contribution < -0.4 is 9.84 Å². The molecule has 0 spiro atoms. The van der Waals surface area contributed by atoms with E-state index in [1.54, 1.807) is 32.3 Å². The Morgan fingerprint density at radius 2 is 1.73 bits per heavy atom. The lowest BCUT2D eigenvalue weighted by Gasteiger charge is -2.23. The van der Waals surface area contributed by atoms with Crippen molar-refractivity contribution in [2.45, 2.75) is 16.7 Å². The number of hydrogen-bond acceptors (Lipinski definition) is 8. The Labute approximate surface area is 298 Å². The van der Waals surface area contributed by atoms with Crippen LogP contribution in [0.3, 0.4) is 0 Å². The van der Waals surface area contributed by atoms with Gasteiger partial charge in [0.05, 0.1) is 47.2 Å². The minimum Gasteiger partial charge on any atom is -0.469 e. The summed E-state index contributed by atoms with van der Waals surface area (Å²) >= 11 is 1.40. The molecule has 1 unspecified atom stereocenters. The van der Waals surface area contributed by atoms with E-state index in [4.69, 9.17) is 14.4 Å². The fourth-order valence-corrected chi connectivity index (χ4v) is 9.35. The van der Waals surface area contributed by atoms with Crippen LogP contribution in [0.5, 0.6) is 5.75 Å². The number of H-pyrrole nitrogens is 1. The molecule has 0 aliphatic carbocycles. The van der Waals surface area contributed by atoms with Gasteiger partial charge in [0.25, 0.3) is 5.91 Å². The largest absolute Gasteiger partial charge is 0.469 e. The summed E-state index contributed by atoms with van der Waals surface area (Å²) in [7, 11) is -1.16. The van der Waals surface area contributed by atoms with Gasteiger partial charge in [0.1, 0.15) is 5.75 Å². The van der Waals surface area contributed by atoms with Gasteiger partial charge in [-0.05, 0) is 72.8 Å². The van der Waals surface area contributed by atoms with Gasteiger partial charge in [0, 0.05) is 44.7 Å². The molecule has 7 aromatic rings. The SMILES string of the molecule is CNC(=O)c1ccccc1Sc1ccc2c(/C=C/c3ccccn3)nn(P(=O)(C[C@@H](C)C(=O)OC)Oc3cccc4[nH]c5ccccc5c34)c2c1. The van der Waals surface area contributed by atoms with E-state index in [0.29, 0.717) is 27.9 Å². The zero-order valence-electron chi connectivity index (χ0n) is 28.1. The first-order valence-electron chi connectivity index (χ1n) is 16.3. The molecule has 4 aromatic carbocycles. The van der Waals surface area contributed by atoms with E-state index in [1.807, 2.05) is 103 Å². The molecule has 7 rings (SSSR count). The Morgan fingerprint density at radius 1 is 0.941 bits per heavy atom. The maximum atomic E-state index is 15.6. The maximum absolute atomic E-state index is 15.6. The second-order valence-electron chi connectivity index (χ2n) is 11.9. The average molecular weight is 716 g/mol. The number of nitrogens with zero attached hydrogens (tertiary/aromatic N) is 3. The van der Waals surface area contributed by atoms with E-state index in [1.165, 1.54) is 23.3 Å². The zero-order chi connectivity index (χ0) is 35.5. The lowest BCUT2D eigenvalue weighted by atomic mass is 10.1. The molecule has 10 nitrogen and oxygen atoms in total. The van der Waals surface area contributed by atoms with Gasteiger partial charge in [0.2, 0.25) is 0 Å². The molecule has 0 aliphatic rings. The molecule has 0 radical (unpaired) electrons. The van der Waals surface area contributed by atoms with Crippen molar-refractivity contribution in [1.29, 1.82) is 0 Å². The molecule has 3 aromatic heterocycles. The van der Waals surface area contributed by atoms with Crippen molar-refractivity contribution < 1.29 is 23.4 Å². The first kappa shape index (κ1) is 33.8. The van der Waals surface area contributed by atoms with Gasteiger partial charge in [-0.15, -0.1) is 0 Å². The highest BCUT2D eigenvalue weighted by Gasteiger charge is 2.37. The van der Waals surface area contributed by atoms with Gasteiger partial charge < -0.3 is 19.6 Å². The number of fused-ring (bicyclic) bond motifs is 4. The summed E-state index contributed by atoms with van der Waals surface area (Å²) in [4.78, 5) is 34.9. The molecule has 2 atom stereocenters. The number of methoxy groups -OCH3 is 1. The second-order valence-corrected chi connectivity index (χ2v) is 15.2. The first-order chi connectivity index (χ1) is 24.8. The lowest BCUT2D eigenvalue weighted by Crippen LogP contribution is -2.21. The Morgan fingerprint density at radius 3 is 2.53 bits per heavy atom. The second kappa shape index (κ2) is 14.3. The number of carbonyl (C=O) groups excluding carboxylic acids is 2. The standard InChI is InChI=1S/C39H34N5O5PS/c1-25(39(46)48-3)24-50(47,49-35-16-10-15-33-37(35)29-12-4-6-14-31(29)42-33)44-34-23-27(51-36-17-7-5-13-30(36)38(45)40-2)19-20-28(34)32(43-44)21-18-26-11-8-9-22-41-26/h4-23,25,42H,24H2,1-3H3,(H,40,45)/b21-18+/t25-,50?/m1/s1. The number of pyridine rings is 1. The van der Waals surface area contributed by atoms with Crippen LogP contribution in [0.1, 0.15) is 28.7 Å². The number of aromatic amines is 1. The molecule has 51 heavy (non-hydrogen) atoms. The van der Waals surface area contributed by atoms with Crippen LogP contribution in [0.25, 0.3) is 44.9 Å². The number of para-hydroxylation sites is 1. The highest BCUT2D eigenvalue weighted by atomic mass is 32.2. The van der Waals surface area contributed by atoms with E-state index in [0.717, 1.165) is 37.3 Å². The van der Waals surface area contributed by atoms with Gasteiger partial charge in [-0.3, -0.25) is 19.1 Å². The van der Waals surface area contributed by atoms with Crippen LogP contribution in [-0.2, 0) is 14.1 Å². The Kier molecular flexibility index (Phi) is 9.49. The average Bonchev–Trinajstić information content (AvgIpc) is 3.73. The topological polar surface area (TPSA) is 128 Å². The summed E-state index contributed by atoms with van der Waals surface area (Å²) in [5, 5.41) is 10.0. The zero-order valence-corrected chi connectivity index (χ0v) is 29.8. The molecular weight excluding hydrogens is 681 g/mol. The van der Waals surface area contributed by atoms with E-state index in [2.05, 4.69) is 15.3 Å². The smallest absolute Gasteiger partial charge is 0.364 e. The fourth-order valence-electron chi connectivity index (χ4n) is 6.04. The van der Waals surface area contributed by atoms with Gasteiger partial charge in [-0.2, -0.15) is 9.55 Å². The molecular formula is C39H34N5O5PS. The summed E-state index contributed by atoms with van der Waals surface area (Å²) in [6, 6.07) is 32.1. The molecule has 3 heterocycles. The monoisotopic (exact) mass is 715 g/mol.